The molecule has 1 unspecified atom stereocenters. The summed E-state index contributed by atoms with van der Waals surface area (Å²) < 4.78 is 20.6. The van der Waals surface area contributed by atoms with Crippen LogP contribution in [0.5, 0.6) is 5.75 Å². The van der Waals surface area contributed by atoms with Gasteiger partial charge in [-0.3, -0.25) is 0 Å². The minimum Gasteiger partial charge on any atom is -0.494 e. The number of nitrogens with zero attached hydrogens (tertiary/aromatic N) is 3. The summed E-state index contributed by atoms with van der Waals surface area (Å²) in [6.07, 6.45) is 0.850. The normalized spacial score (nSPS) is 12.4. The maximum Gasteiger partial charge on any atom is 0.165 e. The lowest BCUT2D eigenvalue weighted by Gasteiger charge is -2.15. The maximum atomic E-state index is 13.7. The molecule has 21 heavy (non-hydrogen) atoms. The summed E-state index contributed by atoms with van der Waals surface area (Å²) in [6, 6.07) is 4.99. The van der Waals surface area contributed by atoms with Crippen molar-refractivity contribution in [3.05, 3.63) is 41.2 Å². The van der Waals surface area contributed by atoms with Crippen LogP contribution in [0, 0.1) is 5.82 Å². The standard InChI is InChI=1S/C15H21FN4O/c1-5-14-18-19-15(20(14)3)9-17-10(2)11-6-7-13(21-4)12(16)8-11/h6-8,10,17H,5,9H2,1-4H3. The van der Waals surface area contributed by atoms with Crippen molar-refractivity contribution in [3.8, 4) is 5.75 Å². The quantitative estimate of drug-likeness (QED) is 0.888. The molecule has 1 atom stereocenters. The smallest absolute Gasteiger partial charge is 0.165 e. The molecule has 0 aliphatic carbocycles. The summed E-state index contributed by atoms with van der Waals surface area (Å²) in [4.78, 5) is 0. The highest BCUT2D eigenvalue weighted by molar-refractivity contribution is 5.30. The Hall–Kier alpha value is -1.95. The lowest BCUT2D eigenvalue weighted by atomic mass is 10.1. The van der Waals surface area contributed by atoms with Gasteiger partial charge >= 0.3 is 0 Å². The van der Waals surface area contributed by atoms with Crippen molar-refractivity contribution in [1.82, 2.24) is 20.1 Å². The van der Waals surface area contributed by atoms with E-state index in [1.165, 1.54) is 13.2 Å². The van der Waals surface area contributed by atoms with Crippen LogP contribution in [0.3, 0.4) is 0 Å². The molecule has 0 aliphatic rings. The van der Waals surface area contributed by atoms with E-state index in [0.29, 0.717) is 6.54 Å². The van der Waals surface area contributed by atoms with Crippen LogP contribution in [-0.2, 0) is 20.0 Å². The number of hydrogen-bond acceptors (Lipinski definition) is 4. The van der Waals surface area contributed by atoms with E-state index < -0.39 is 0 Å². The summed E-state index contributed by atoms with van der Waals surface area (Å²) in [5.41, 5.74) is 0.867. The molecule has 0 aliphatic heterocycles. The molecule has 6 heteroatoms. The third kappa shape index (κ3) is 3.39. The van der Waals surface area contributed by atoms with Crippen molar-refractivity contribution in [2.24, 2.45) is 7.05 Å². The van der Waals surface area contributed by atoms with Crippen molar-refractivity contribution in [2.45, 2.75) is 32.9 Å². The van der Waals surface area contributed by atoms with Gasteiger partial charge in [-0.25, -0.2) is 4.39 Å². The van der Waals surface area contributed by atoms with Gasteiger partial charge in [0.15, 0.2) is 11.6 Å². The Morgan fingerprint density at radius 3 is 2.62 bits per heavy atom. The van der Waals surface area contributed by atoms with E-state index in [2.05, 4.69) is 15.5 Å². The van der Waals surface area contributed by atoms with Gasteiger partial charge in [-0.1, -0.05) is 13.0 Å². The van der Waals surface area contributed by atoms with Crippen molar-refractivity contribution in [3.63, 3.8) is 0 Å². The van der Waals surface area contributed by atoms with Crippen molar-refractivity contribution in [2.75, 3.05) is 7.11 Å². The molecule has 0 fully saturated rings. The number of rotatable bonds is 6. The molecule has 0 bridgehead atoms. The first-order valence-corrected chi connectivity index (χ1v) is 7.00. The Balaban J connectivity index is 2.02. The third-order valence-corrected chi connectivity index (χ3v) is 3.61. The average Bonchev–Trinajstić information content (AvgIpc) is 2.85. The van der Waals surface area contributed by atoms with E-state index in [1.54, 1.807) is 6.07 Å². The zero-order valence-corrected chi connectivity index (χ0v) is 12.9. The zero-order valence-electron chi connectivity index (χ0n) is 12.9. The number of hydrogen-bond donors (Lipinski definition) is 1. The predicted octanol–water partition coefficient (Wildman–Crippen LogP) is 2.38. The first-order valence-electron chi connectivity index (χ1n) is 7.00. The van der Waals surface area contributed by atoms with Crippen LogP contribution < -0.4 is 10.1 Å². The zero-order chi connectivity index (χ0) is 15.4. The Morgan fingerprint density at radius 1 is 1.33 bits per heavy atom. The summed E-state index contributed by atoms with van der Waals surface area (Å²) in [6.45, 7) is 4.61. The summed E-state index contributed by atoms with van der Waals surface area (Å²) >= 11 is 0. The van der Waals surface area contributed by atoms with Gasteiger partial charge in [-0.05, 0) is 24.6 Å². The molecule has 0 spiro atoms. The van der Waals surface area contributed by atoms with Crippen LogP contribution in [0.4, 0.5) is 4.39 Å². The van der Waals surface area contributed by atoms with E-state index in [9.17, 15) is 4.39 Å². The van der Waals surface area contributed by atoms with Crippen LogP contribution in [0.15, 0.2) is 18.2 Å². The number of methoxy groups -OCH3 is 1. The number of halogens is 1. The van der Waals surface area contributed by atoms with E-state index >= 15 is 0 Å². The SMILES string of the molecule is CCc1nnc(CNC(C)c2ccc(OC)c(F)c2)n1C. The van der Waals surface area contributed by atoms with Crippen molar-refractivity contribution in [1.29, 1.82) is 0 Å². The van der Waals surface area contributed by atoms with Crippen molar-refractivity contribution >= 4 is 0 Å². The van der Waals surface area contributed by atoms with Gasteiger partial charge in [0.25, 0.3) is 0 Å². The van der Waals surface area contributed by atoms with Crippen LogP contribution >= 0.6 is 0 Å². The lowest BCUT2D eigenvalue weighted by molar-refractivity contribution is 0.385. The molecular formula is C15H21FN4O. The Bertz CT molecular complexity index is 612. The van der Waals surface area contributed by atoms with Gasteiger partial charge in [0, 0.05) is 19.5 Å². The maximum absolute atomic E-state index is 13.7. The monoisotopic (exact) mass is 292 g/mol. The fourth-order valence-corrected chi connectivity index (χ4v) is 2.17. The molecule has 1 aromatic carbocycles. The van der Waals surface area contributed by atoms with Crippen molar-refractivity contribution < 1.29 is 9.13 Å². The molecule has 1 N–H and O–H groups in total. The highest BCUT2D eigenvalue weighted by atomic mass is 19.1. The van der Waals surface area contributed by atoms with Gasteiger partial charge in [-0.2, -0.15) is 0 Å². The van der Waals surface area contributed by atoms with E-state index in [-0.39, 0.29) is 17.6 Å². The molecule has 114 valence electrons. The van der Waals surface area contributed by atoms with Crippen LogP contribution in [0.25, 0.3) is 0 Å². The summed E-state index contributed by atoms with van der Waals surface area (Å²) in [5, 5.41) is 11.6. The van der Waals surface area contributed by atoms with Gasteiger partial charge < -0.3 is 14.6 Å². The molecule has 0 saturated carbocycles. The first kappa shape index (κ1) is 15.4. The summed E-state index contributed by atoms with van der Waals surface area (Å²) in [7, 11) is 3.41. The molecule has 1 aromatic heterocycles. The molecule has 1 heterocycles. The van der Waals surface area contributed by atoms with Crippen LogP contribution in [0.1, 0.15) is 37.1 Å². The lowest BCUT2D eigenvalue weighted by Crippen LogP contribution is -2.20. The highest BCUT2D eigenvalue weighted by Crippen LogP contribution is 2.21. The second kappa shape index (κ2) is 6.67. The summed E-state index contributed by atoms with van der Waals surface area (Å²) in [5.74, 6) is 1.73. The fourth-order valence-electron chi connectivity index (χ4n) is 2.17. The third-order valence-electron chi connectivity index (χ3n) is 3.61. The second-order valence-corrected chi connectivity index (χ2v) is 4.94. The number of ether oxygens (including phenoxy) is 1. The predicted molar refractivity (Wildman–Crippen MR) is 78.6 cm³/mol. The molecule has 0 amide bonds. The Morgan fingerprint density at radius 2 is 2.05 bits per heavy atom. The Kier molecular flexibility index (Phi) is 4.90. The van der Waals surface area contributed by atoms with Gasteiger partial charge in [0.2, 0.25) is 0 Å². The largest absolute Gasteiger partial charge is 0.494 e. The van der Waals surface area contributed by atoms with Crippen LogP contribution in [0.2, 0.25) is 0 Å². The average molecular weight is 292 g/mol. The minimum atomic E-state index is -0.351. The fraction of sp³-hybridized carbons (Fsp3) is 0.467. The Labute approximate surface area is 124 Å². The van der Waals surface area contributed by atoms with Crippen LogP contribution in [-0.4, -0.2) is 21.9 Å². The molecule has 2 rings (SSSR count). The van der Waals surface area contributed by atoms with Gasteiger partial charge in [0.05, 0.1) is 13.7 Å². The van der Waals surface area contributed by atoms with Gasteiger partial charge in [0.1, 0.15) is 11.6 Å². The number of aryl methyl sites for hydroxylation is 1. The van der Waals surface area contributed by atoms with E-state index in [4.69, 9.17) is 4.74 Å². The van der Waals surface area contributed by atoms with E-state index in [1.807, 2.05) is 31.5 Å². The van der Waals surface area contributed by atoms with Gasteiger partial charge in [-0.15, -0.1) is 10.2 Å². The topological polar surface area (TPSA) is 52.0 Å². The molecular weight excluding hydrogens is 271 g/mol. The molecule has 2 aromatic rings. The minimum absolute atomic E-state index is 0.00665. The number of nitrogens with one attached hydrogen (secondary N) is 1. The second-order valence-electron chi connectivity index (χ2n) is 4.94. The first-order chi connectivity index (χ1) is 10.1. The number of benzene rings is 1. The molecule has 0 saturated heterocycles. The molecule has 5 nitrogen and oxygen atoms in total. The molecule has 0 radical (unpaired) electrons. The number of aromatic nitrogens is 3. The highest BCUT2D eigenvalue weighted by Gasteiger charge is 2.12. The van der Waals surface area contributed by atoms with E-state index in [0.717, 1.165) is 23.6 Å².